The molecule has 3 rings (SSSR count). The Kier molecular flexibility index (Phi) is 7.23. The Bertz CT molecular complexity index is 888. The zero-order valence-corrected chi connectivity index (χ0v) is 16.2. The van der Waals surface area contributed by atoms with Crippen molar-refractivity contribution >= 4 is 17.5 Å². The van der Waals surface area contributed by atoms with E-state index in [0.717, 1.165) is 11.3 Å². The van der Waals surface area contributed by atoms with Crippen molar-refractivity contribution in [3.63, 3.8) is 0 Å². The monoisotopic (exact) mass is 375 g/mol. The Labute approximate surface area is 166 Å². The Morgan fingerprint density at radius 3 is 2.89 bits per heavy atom. The van der Waals surface area contributed by atoms with E-state index in [4.69, 9.17) is 10.00 Å². The number of methoxy groups -OCH3 is 1. The second kappa shape index (κ2) is 10.3. The van der Waals surface area contributed by atoms with Crippen LogP contribution >= 0.6 is 0 Å². The molecule has 2 N–H and O–H groups in total. The molecule has 0 unspecified atom stereocenters. The summed E-state index contributed by atoms with van der Waals surface area (Å²) in [7, 11) is 1.67. The molecule has 144 valence electrons. The molecule has 28 heavy (non-hydrogen) atoms. The third-order valence-corrected chi connectivity index (χ3v) is 4.65. The Morgan fingerprint density at radius 1 is 1.25 bits per heavy atom. The molecule has 0 aliphatic heterocycles. The average Bonchev–Trinajstić information content (AvgIpc) is 2.74. The standard InChI is InChI=1S/C22H25N5O/c1-28-13-12-24-21-19(11-10-17-6-3-2-4-7-17)16-25-22(27-21)26-20-9-5-8-18(14-20)15-23/h5,8-9,14,16-17H,2-4,6-7,12-13H2,1H3,(H2,24,25,26,27). The lowest BCUT2D eigenvalue weighted by molar-refractivity contribution is 0.210. The Hall–Kier alpha value is -3.09. The third-order valence-electron chi connectivity index (χ3n) is 4.65. The summed E-state index contributed by atoms with van der Waals surface area (Å²) in [4.78, 5) is 8.99. The molecule has 6 heteroatoms. The lowest BCUT2D eigenvalue weighted by atomic mass is 9.90. The summed E-state index contributed by atoms with van der Waals surface area (Å²) in [6, 6.07) is 9.35. The van der Waals surface area contributed by atoms with Crippen LogP contribution in [0.25, 0.3) is 0 Å². The molecule has 0 atom stereocenters. The Balaban J connectivity index is 1.79. The first-order valence-corrected chi connectivity index (χ1v) is 9.67. The van der Waals surface area contributed by atoms with Crippen molar-refractivity contribution < 1.29 is 4.74 Å². The maximum Gasteiger partial charge on any atom is 0.229 e. The third kappa shape index (κ3) is 5.70. The van der Waals surface area contributed by atoms with Crippen LogP contribution in [-0.4, -0.2) is 30.2 Å². The number of ether oxygens (including phenoxy) is 1. The molecular formula is C22H25N5O. The van der Waals surface area contributed by atoms with Crippen LogP contribution in [0.2, 0.25) is 0 Å². The van der Waals surface area contributed by atoms with Crippen molar-refractivity contribution in [3.8, 4) is 17.9 Å². The van der Waals surface area contributed by atoms with Crippen LogP contribution in [0.15, 0.2) is 30.5 Å². The number of nitrogens with one attached hydrogen (secondary N) is 2. The van der Waals surface area contributed by atoms with Gasteiger partial charge in [0.25, 0.3) is 0 Å². The van der Waals surface area contributed by atoms with Gasteiger partial charge in [0, 0.05) is 25.3 Å². The summed E-state index contributed by atoms with van der Waals surface area (Å²) in [6.07, 6.45) is 7.94. The zero-order chi connectivity index (χ0) is 19.6. The van der Waals surface area contributed by atoms with E-state index >= 15 is 0 Å². The lowest BCUT2D eigenvalue weighted by Gasteiger charge is -2.15. The number of nitriles is 1. The van der Waals surface area contributed by atoms with Gasteiger partial charge in [0.15, 0.2) is 0 Å². The fourth-order valence-electron chi connectivity index (χ4n) is 3.16. The second-order valence-electron chi connectivity index (χ2n) is 6.80. The highest BCUT2D eigenvalue weighted by molar-refractivity contribution is 5.60. The summed E-state index contributed by atoms with van der Waals surface area (Å²) in [5.41, 5.74) is 2.14. The molecule has 1 aliphatic rings. The summed E-state index contributed by atoms with van der Waals surface area (Å²) in [6.45, 7) is 1.21. The van der Waals surface area contributed by atoms with E-state index in [1.807, 2.05) is 12.1 Å². The van der Waals surface area contributed by atoms with E-state index in [2.05, 4.69) is 38.5 Å². The normalized spacial score (nSPS) is 13.9. The summed E-state index contributed by atoms with van der Waals surface area (Å²) in [5.74, 6) is 8.28. The number of hydrogen-bond donors (Lipinski definition) is 2. The summed E-state index contributed by atoms with van der Waals surface area (Å²) >= 11 is 0. The van der Waals surface area contributed by atoms with E-state index in [1.165, 1.54) is 32.1 Å². The molecule has 1 aliphatic carbocycles. The second-order valence-corrected chi connectivity index (χ2v) is 6.80. The minimum atomic E-state index is 0.457. The largest absolute Gasteiger partial charge is 0.383 e. The van der Waals surface area contributed by atoms with Crippen molar-refractivity contribution in [2.75, 3.05) is 30.9 Å². The van der Waals surface area contributed by atoms with Crippen LogP contribution in [0, 0.1) is 29.1 Å². The molecule has 0 radical (unpaired) electrons. The SMILES string of the molecule is COCCNc1nc(Nc2cccc(C#N)c2)ncc1C#CC1CCCCC1. The molecule has 2 aromatic rings. The van der Waals surface area contributed by atoms with E-state index < -0.39 is 0 Å². The van der Waals surface area contributed by atoms with Gasteiger partial charge >= 0.3 is 0 Å². The highest BCUT2D eigenvalue weighted by atomic mass is 16.5. The first kappa shape index (κ1) is 19.7. The predicted octanol–water partition coefficient (Wildman–Crippen LogP) is 4.08. The molecule has 1 heterocycles. The van der Waals surface area contributed by atoms with Crippen molar-refractivity contribution in [2.24, 2.45) is 5.92 Å². The first-order chi connectivity index (χ1) is 13.8. The molecule has 1 saturated carbocycles. The first-order valence-electron chi connectivity index (χ1n) is 9.67. The van der Waals surface area contributed by atoms with Gasteiger partial charge in [0.05, 0.1) is 30.0 Å². The van der Waals surface area contributed by atoms with Crippen LogP contribution in [0.3, 0.4) is 0 Å². The van der Waals surface area contributed by atoms with E-state index in [9.17, 15) is 0 Å². The van der Waals surface area contributed by atoms with Crippen molar-refractivity contribution in [1.29, 1.82) is 5.26 Å². The van der Waals surface area contributed by atoms with Crippen LogP contribution in [0.5, 0.6) is 0 Å². The van der Waals surface area contributed by atoms with Crippen LogP contribution in [-0.2, 0) is 4.74 Å². The topological polar surface area (TPSA) is 82.9 Å². The van der Waals surface area contributed by atoms with Crippen molar-refractivity contribution in [2.45, 2.75) is 32.1 Å². The van der Waals surface area contributed by atoms with Gasteiger partial charge in [-0.1, -0.05) is 37.2 Å². The van der Waals surface area contributed by atoms with Crippen molar-refractivity contribution in [3.05, 3.63) is 41.6 Å². The number of rotatable bonds is 6. The Morgan fingerprint density at radius 2 is 2.11 bits per heavy atom. The number of anilines is 3. The van der Waals surface area contributed by atoms with Gasteiger partial charge < -0.3 is 15.4 Å². The van der Waals surface area contributed by atoms with Crippen molar-refractivity contribution in [1.82, 2.24) is 9.97 Å². The summed E-state index contributed by atoms with van der Waals surface area (Å²) in [5, 5.41) is 15.5. The lowest BCUT2D eigenvalue weighted by Crippen LogP contribution is -2.11. The number of hydrogen-bond acceptors (Lipinski definition) is 6. The maximum atomic E-state index is 9.05. The number of benzene rings is 1. The van der Waals surface area contributed by atoms with Gasteiger partial charge in [-0.3, -0.25) is 0 Å². The van der Waals surface area contributed by atoms with E-state index in [-0.39, 0.29) is 0 Å². The molecule has 0 bridgehead atoms. The van der Waals surface area contributed by atoms with E-state index in [0.29, 0.717) is 36.4 Å². The van der Waals surface area contributed by atoms with Gasteiger partial charge in [0.2, 0.25) is 5.95 Å². The zero-order valence-electron chi connectivity index (χ0n) is 16.2. The maximum absolute atomic E-state index is 9.05. The predicted molar refractivity (Wildman–Crippen MR) is 110 cm³/mol. The molecular weight excluding hydrogens is 350 g/mol. The van der Waals surface area contributed by atoms with Gasteiger partial charge in [-0.15, -0.1) is 0 Å². The van der Waals surface area contributed by atoms with Crippen LogP contribution < -0.4 is 10.6 Å². The fourth-order valence-corrected chi connectivity index (χ4v) is 3.16. The fraction of sp³-hybridized carbons (Fsp3) is 0.409. The minimum Gasteiger partial charge on any atom is -0.383 e. The highest BCUT2D eigenvalue weighted by Gasteiger charge is 2.11. The molecule has 0 spiro atoms. The minimum absolute atomic E-state index is 0.457. The average molecular weight is 375 g/mol. The van der Waals surface area contributed by atoms with Gasteiger partial charge in [-0.2, -0.15) is 10.2 Å². The van der Waals surface area contributed by atoms with Gasteiger partial charge in [0.1, 0.15) is 5.82 Å². The van der Waals surface area contributed by atoms with Crippen LogP contribution in [0.1, 0.15) is 43.2 Å². The molecule has 6 nitrogen and oxygen atoms in total. The molecule has 1 aromatic heterocycles. The molecule has 0 amide bonds. The number of nitrogens with zero attached hydrogens (tertiary/aromatic N) is 3. The highest BCUT2D eigenvalue weighted by Crippen LogP contribution is 2.23. The van der Waals surface area contributed by atoms with Crippen LogP contribution in [0.4, 0.5) is 17.5 Å². The van der Waals surface area contributed by atoms with Gasteiger partial charge in [-0.05, 0) is 31.0 Å². The quantitative estimate of drug-likeness (QED) is 0.585. The summed E-state index contributed by atoms with van der Waals surface area (Å²) < 4.78 is 5.12. The number of aromatic nitrogens is 2. The molecule has 0 saturated heterocycles. The molecule has 1 aromatic carbocycles. The molecule has 1 fully saturated rings. The smallest absolute Gasteiger partial charge is 0.229 e. The van der Waals surface area contributed by atoms with Gasteiger partial charge in [-0.25, -0.2) is 4.98 Å². The van der Waals surface area contributed by atoms with E-state index in [1.54, 1.807) is 25.4 Å².